The zero-order chi connectivity index (χ0) is 32.4. The smallest absolute Gasteiger partial charge is 0.160 e. The third-order valence-electron chi connectivity index (χ3n) is 10.3. The second-order valence-corrected chi connectivity index (χ2v) is 12.9. The fourth-order valence-electron chi connectivity index (χ4n) is 8.16. The summed E-state index contributed by atoms with van der Waals surface area (Å²) in [6.45, 7) is 0. The van der Waals surface area contributed by atoms with Crippen molar-refractivity contribution in [3.8, 4) is 33.8 Å². The molecule has 1 heterocycles. The number of aromatic nitrogens is 2. The second-order valence-electron chi connectivity index (χ2n) is 12.9. The van der Waals surface area contributed by atoms with E-state index in [9.17, 15) is 0 Å². The summed E-state index contributed by atoms with van der Waals surface area (Å²) in [5.41, 5.74) is 11.2. The summed E-state index contributed by atoms with van der Waals surface area (Å²) < 4.78 is 0. The quantitative estimate of drug-likeness (QED) is 0.183. The summed E-state index contributed by atoms with van der Waals surface area (Å²) >= 11 is 0. The van der Waals surface area contributed by atoms with Crippen molar-refractivity contribution in [1.82, 2.24) is 9.97 Å². The van der Waals surface area contributed by atoms with Crippen molar-refractivity contribution in [3.05, 3.63) is 204 Å². The van der Waals surface area contributed by atoms with E-state index in [0.717, 1.165) is 38.9 Å². The van der Waals surface area contributed by atoms with Gasteiger partial charge in [0.15, 0.2) is 5.82 Å². The summed E-state index contributed by atoms with van der Waals surface area (Å²) in [6, 6.07) is 65.6. The number of hydrogen-bond donors (Lipinski definition) is 0. The first kappa shape index (κ1) is 27.7. The molecule has 1 aliphatic carbocycles. The van der Waals surface area contributed by atoms with Crippen molar-refractivity contribution in [2.45, 2.75) is 5.41 Å². The van der Waals surface area contributed by atoms with Crippen LogP contribution in [0.1, 0.15) is 22.3 Å². The summed E-state index contributed by atoms with van der Waals surface area (Å²) in [6.07, 6.45) is 0. The van der Waals surface area contributed by atoms with Crippen LogP contribution >= 0.6 is 0 Å². The molecule has 1 aliphatic rings. The van der Waals surface area contributed by atoms with Crippen LogP contribution in [0.15, 0.2) is 182 Å². The molecular formula is C47H30N2. The number of hydrogen-bond acceptors (Lipinski definition) is 2. The minimum atomic E-state index is -0.445. The molecule has 0 unspecified atom stereocenters. The Bertz CT molecular complexity index is 2660. The Morgan fingerprint density at radius 2 is 1.04 bits per heavy atom. The van der Waals surface area contributed by atoms with Gasteiger partial charge < -0.3 is 0 Å². The van der Waals surface area contributed by atoms with E-state index >= 15 is 0 Å². The minimum Gasteiger partial charge on any atom is -0.228 e. The van der Waals surface area contributed by atoms with E-state index in [1.54, 1.807) is 0 Å². The minimum absolute atomic E-state index is 0.445. The Morgan fingerprint density at radius 1 is 0.388 bits per heavy atom. The van der Waals surface area contributed by atoms with Gasteiger partial charge in [0.2, 0.25) is 0 Å². The highest BCUT2D eigenvalue weighted by Gasteiger charge is 2.46. The molecule has 2 heteroatoms. The van der Waals surface area contributed by atoms with Gasteiger partial charge in [-0.25, -0.2) is 9.97 Å². The highest BCUT2D eigenvalue weighted by atomic mass is 14.9. The molecule has 1 aromatic heterocycles. The van der Waals surface area contributed by atoms with Gasteiger partial charge in [0.05, 0.1) is 16.6 Å². The van der Waals surface area contributed by atoms with Crippen LogP contribution in [0.2, 0.25) is 0 Å². The molecule has 0 bridgehead atoms. The van der Waals surface area contributed by atoms with Gasteiger partial charge in [0, 0.05) is 16.5 Å². The second kappa shape index (κ2) is 10.8. The molecule has 0 N–H and O–H groups in total. The van der Waals surface area contributed by atoms with Crippen molar-refractivity contribution >= 4 is 32.4 Å². The lowest BCUT2D eigenvalue weighted by atomic mass is 9.67. The topological polar surface area (TPSA) is 25.8 Å². The van der Waals surface area contributed by atoms with Crippen LogP contribution in [0.25, 0.3) is 66.2 Å². The molecule has 0 radical (unpaired) electrons. The Hall–Kier alpha value is -6.38. The number of nitrogens with zero attached hydrogens (tertiary/aromatic N) is 2. The molecular weight excluding hydrogens is 593 g/mol. The van der Waals surface area contributed by atoms with Crippen molar-refractivity contribution in [2.24, 2.45) is 0 Å². The lowest BCUT2D eigenvalue weighted by Gasteiger charge is -2.34. The molecule has 2 nitrogen and oxygen atoms in total. The summed E-state index contributed by atoms with van der Waals surface area (Å²) in [5.74, 6) is 0.727. The molecule has 228 valence electrons. The molecule has 0 spiro atoms. The molecule has 10 rings (SSSR count). The van der Waals surface area contributed by atoms with E-state index in [1.165, 1.54) is 49.5 Å². The predicted molar refractivity (Wildman–Crippen MR) is 203 cm³/mol. The van der Waals surface area contributed by atoms with Crippen LogP contribution in [0.5, 0.6) is 0 Å². The van der Waals surface area contributed by atoms with Crippen molar-refractivity contribution in [2.75, 3.05) is 0 Å². The van der Waals surface area contributed by atoms with E-state index in [2.05, 4.69) is 182 Å². The standard InChI is InChI=1S/C47H30N2/c1-4-15-32(16-5-1)45-44-38-21-11-10-14-31(38)26-27-43(44)48-46(49-45)34-25-24-33-29-40-39-22-12-13-23-41(39)47(36-17-6-2-7-18-36,37-19-8-3-9-20-37)42(40)30-35(33)28-34/h1-30H. The van der Waals surface area contributed by atoms with E-state index < -0.39 is 5.41 Å². The summed E-state index contributed by atoms with van der Waals surface area (Å²) in [7, 11) is 0. The highest BCUT2D eigenvalue weighted by Crippen LogP contribution is 2.56. The lowest BCUT2D eigenvalue weighted by Crippen LogP contribution is -2.28. The van der Waals surface area contributed by atoms with Gasteiger partial charge in [-0.3, -0.25) is 0 Å². The van der Waals surface area contributed by atoms with Crippen LogP contribution in [0, 0.1) is 0 Å². The normalized spacial score (nSPS) is 13.1. The highest BCUT2D eigenvalue weighted by molar-refractivity contribution is 6.12. The molecule has 0 amide bonds. The first-order valence-corrected chi connectivity index (χ1v) is 16.8. The van der Waals surface area contributed by atoms with Crippen molar-refractivity contribution in [3.63, 3.8) is 0 Å². The average molecular weight is 623 g/mol. The van der Waals surface area contributed by atoms with Gasteiger partial charge in [-0.1, -0.05) is 158 Å². The van der Waals surface area contributed by atoms with Gasteiger partial charge >= 0.3 is 0 Å². The first-order valence-electron chi connectivity index (χ1n) is 16.8. The monoisotopic (exact) mass is 622 g/mol. The Balaban J connectivity index is 1.23. The van der Waals surface area contributed by atoms with Gasteiger partial charge in [-0.2, -0.15) is 0 Å². The Labute approximate surface area is 285 Å². The number of benzene rings is 8. The van der Waals surface area contributed by atoms with Crippen LogP contribution in [-0.4, -0.2) is 9.97 Å². The first-order chi connectivity index (χ1) is 24.3. The van der Waals surface area contributed by atoms with Crippen LogP contribution in [-0.2, 0) is 5.41 Å². The zero-order valence-electron chi connectivity index (χ0n) is 26.7. The maximum atomic E-state index is 5.32. The third-order valence-corrected chi connectivity index (χ3v) is 10.3. The van der Waals surface area contributed by atoms with Crippen LogP contribution < -0.4 is 0 Å². The zero-order valence-corrected chi connectivity index (χ0v) is 26.7. The van der Waals surface area contributed by atoms with E-state index in [1.807, 2.05) is 0 Å². The van der Waals surface area contributed by atoms with Gasteiger partial charge in [-0.05, 0) is 79.2 Å². The number of rotatable bonds is 4. The Kier molecular flexibility index (Phi) is 6.13. The lowest BCUT2D eigenvalue weighted by molar-refractivity contribution is 0.769. The fraction of sp³-hybridized carbons (Fsp3) is 0.0213. The SMILES string of the molecule is c1ccc(-c2nc(-c3ccc4cc5c(cc4c3)C(c3ccccc3)(c3ccccc3)c3ccccc3-5)nc3ccc4ccccc4c23)cc1. The van der Waals surface area contributed by atoms with Gasteiger partial charge in [0.1, 0.15) is 0 Å². The third kappa shape index (κ3) is 4.14. The van der Waals surface area contributed by atoms with E-state index in [0.29, 0.717) is 0 Å². The average Bonchev–Trinajstić information content (AvgIpc) is 3.47. The molecule has 0 fully saturated rings. The van der Waals surface area contributed by atoms with Crippen molar-refractivity contribution < 1.29 is 0 Å². The molecule has 9 aromatic rings. The molecule has 0 saturated carbocycles. The van der Waals surface area contributed by atoms with Crippen molar-refractivity contribution in [1.29, 1.82) is 0 Å². The molecule has 0 aliphatic heterocycles. The van der Waals surface area contributed by atoms with Gasteiger partial charge in [-0.15, -0.1) is 0 Å². The van der Waals surface area contributed by atoms with E-state index in [-0.39, 0.29) is 0 Å². The largest absolute Gasteiger partial charge is 0.228 e. The summed E-state index contributed by atoms with van der Waals surface area (Å²) in [5, 5.41) is 5.80. The maximum Gasteiger partial charge on any atom is 0.160 e. The van der Waals surface area contributed by atoms with Crippen LogP contribution in [0.3, 0.4) is 0 Å². The predicted octanol–water partition coefficient (Wildman–Crippen LogP) is 11.6. The molecule has 0 atom stereocenters. The fourth-order valence-corrected chi connectivity index (χ4v) is 8.16. The molecule has 49 heavy (non-hydrogen) atoms. The molecule has 8 aromatic carbocycles. The van der Waals surface area contributed by atoms with Gasteiger partial charge in [0.25, 0.3) is 0 Å². The van der Waals surface area contributed by atoms with Crippen LogP contribution in [0.4, 0.5) is 0 Å². The number of fused-ring (bicyclic) bond motifs is 7. The Morgan fingerprint density at radius 3 is 1.82 bits per heavy atom. The molecule has 0 saturated heterocycles. The van der Waals surface area contributed by atoms with E-state index in [4.69, 9.17) is 9.97 Å². The maximum absolute atomic E-state index is 5.32. The summed E-state index contributed by atoms with van der Waals surface area (Å²) in [4.78, 5) is 10.5.